The Bertz CT molecular complexity index is 762. The molecule has 25 heavy (non-hydrogen) atoms. The smallest absolute Gasteiger partial charge is 0.255 e. The first-order valence-corrected chi connectivity index (χ1v) is 7.49. The average molecular weight is 346 g/mol. The molecule has 0 saturated heterocycles. The third-order valence-corrected chi connectivity index (χ3v) is 3.47. The number of primary amides is 1. The van der Waals surface area contributed by atoms with Crippen LogP contribution in [-0.2, 0) is 11.3 Å². The molecule has 7 heteroatoms. The molecule has 0 aliphatic rings. The molecule has 0 bridgehead atoms. The zero-order valence-corrected chi connectivity index (χ0v) is 14.0. The van der Waals surface area contributed by atoms with Gasteiger partial charge in [0.25, 0.3) is 11.8 Å². The maximum atomic E-state index is 13.7. The molecule has 2 N–H and O–H groups in total. The summed E-state index contributed by atoms with van der Waals surface area (Å²) in [5.74, 6) is -0.680. The van der Waals surface area contributed by atoms with Crippen molar-refractivity contribution in [3.8, 4) is 11.5 Å². The molecule has 0 fully saturated rings. The Hall–Kier alpha value is -3.09. The maximum absolute atomic E-state index is 13.7. The van der Waals surface area contributed by atoms with Gasteiger partial charge in [0, 0.05) is 19.2 Å². The van der Waals surface area contributed by atoms with Gasteiger partial charge >= 0.3 is 0 Å². The Labute approximate surface area is 144 Å². The topological polar surface area (TPSA) is 81.9 Å². The van der Waals surface area contributed by atoms with Crippen LogP contribution in [0, 0.1) is 5.82 Å². The maximum Gasteiger partial charge on any atom is 0.255 e. The van der Waals surface area contributed by atoms with Gasteiger partial charge in [0.15, 0.2) is 18.2 Å². The molecule has 0 radical (unpaired) electrons. The molecule has 2 aromatic rings. The van der Waals surface area contributed by atoms with E-state index in [0.717, 1.165) is 0 Å². The molecule has 132 valence electrons. The van der Waals surface area contributed by atoms with Gasteiger partial charge in [-0.1, -0.05) is 6.07 Å². The number of nitrogens with zero attached hydrogens (tertiary/aromatic N) is 1. The predicted octanol–water partition coefficient (Wildman–Crippen LogP) is 1.97. The molecule has 0 heterocycles. The van der Waals surface area contributed by atoms with Crippen LogP contribution in [0.5, 0.6) is 11.5 Å². The Kier molecular flexibility index (Phi) is 5.94. The molecule has 0 aromatic heterocycles. The average Bonchev–Trinajstić information content (AvgIpc) is 2.60. The summed E-state index contributed by atoms with van der Waals surface area (Å²) in [5, 5.41) is 0. The van der Waals surface area contributed by atoms with Crippen LogP contribution >= 0.6 is 0 Å². The molecule has 2 amide bonds. The lowest BCUT2D eigenvalue weighted by Crippen LogP contribution is -2.26. The zero-order chi connectivity index (χ0) is 18.4. The summed E-state index contributed by atoms with van der Waals surface area (Å²) in [6, 6.07) is 10.9. The Morgan fingerprint density at radius 1 is 1.16 bits per heavy atom. The quantitative estimate of drug-likeness (QED) is 0.831. The van der Waals surface area contributed by atoms with Crippen LogP contribution in [0.15, 0.2) is 42.5 Å². The zero-order valence-electron chi connectivity index (χ0n) is 14.0. The summed E-state index contributed by atoms with van der Waals surface area (Å²) in [7, 11) is 3.02. The molecule has 0 spiro atoms. The second kappa shape index (κ2) is 8.14. The number of rotatable bonds is 7. The summed E-state index contributed by atoms with van der Waals surface area (Å²) in [5.41, 5.74) is 6.10. The molecule has 6 nitrogen and oxygen atoms in total. The van der Waals surface area contributed by atoms with Crippen LogP contribution in [0.2, 0.25) is 0 Å². The van der Waals surface area contributed by atoms with Crippen LogP contribution in [0.4, 0.5) is 4.39 Å². The first kappa shape index (κ1) is 18.3. The standard InChI is InChI=1S/C18H19FN2O4/c1-21(10-12-3-8-16(24-2)15(19)9-12)18(23)13-4-6-14(7-5-13)25-11-17(20)22/h3-9H,10-11H2,1-2H3,(H2,20,22). The van der Waals surface area contributed by atoms with Gasteiger partial charge in [0.2, 0.25) is 0 Å². The van der Waals surface area contributed by atoms with Crippen molar-refractivity contribution < 1.29 is 23.5 Å². The fourth-order valence-corrected chi connectivity index (χ4v) is 2.22. The molecule has 0 aliphatic heterocycles. The fourth-order valence-electron chi connectivity index (χ4n) is 2.22. The van der Waals surface area contributed by atoms with E-state index in [1.807, 2.05) is 0 Å². The van der Waals surface area contributed by atoms with Crippen molar-refractivity contribution in [2.45, 2.75) is 6.54 Å². The lowest BCUT2D eigenvalue weighted by Gasteiger charge is -2.18. The molecular weight excluding hydrogens is 327 g/mol. The lowest BCUT2D eigenvalue weighted by atomic mass is 10.1. The van der Waals surface area contributed by atoms with E-state index in [1.165, 1.54) is 24.1 Å². The summed E-state index contributed by atoms with van der Waals surface area (Å²) in [4.78, 5) is 24.6. The van der Waals surface area contributed by atoms with Crippen LogP contribution in [0.25, 0.3) is 0 Å². The van der Waals surface area contributed by atoms with E-state index in [4.69, 9.17) is 15.2 Å². The number of methoxy groups -OCH3 is 1. The molecular formula is C18H19FN2O4. The van der Waals surface area contributed by atoms with Gasteiger partial charge < -0.3 is 20.1 Å². The molecule has 0 aliphatic carbocycles. The molecule has 2 aromatic carbocycles. The van der Waals surface area contributed by atoms with Crippen molar-refractivity contribution in [1.29, 1.82) is 0 Å². The Morgan fingerprint density at radius 3 is 2.40 bits per heavy atom. The highest BCUT2D eigenvalue weighted by Gasteiger charge is 2.13. The Balaban J connectivity index is 2.01. The number of amides is 2. The minimum Gasteiger partial charge on any atom is -0.494 e. The summed E-state index contributed by atoms with van der Waals surface area (Å²) < 4.78 is 23.7. The highest BCUT2D eigenvalue weighted by atomic mass is 19.1. The van der Waals surface area contributed by atoms with E-state index >= 15 is 0 Å². The van der Waals surface area contributed by atoms with Crippen LogP contribution < -0.4 is 15.2 Å². The summed E-state index contributed by atoms with van der Waals surface area (Å²) in [6.07, 6.45) is 0. The highest BCUT2D eigenvalue weighted by Crippen LogP contribution is 2.19. The molecule has 0 unspecified atom stereocenters. The largest absolute Gasteiger partial charge is 0.494 e. The first-order valence-electron chi connectivity index (χ1n) is 7.49. The summed E-state index contributed by atoms with van der Waals surface area (Å²) in [6.45, 7) is 0.0237. The SMILES string of the molecule is COc1ccc(CN(C)C(=O)c2ccc(OCC(N)=O)cc2)cc1F. The number of halogens is 1. The summed E-state index contributed by atoms with van der Waals surface area (Å²) >= 11 is 0. The predicted molar refractivity (Wildman–Crippen MR) is 89.9 cm³/mol. The van der Waals surface area contributed by atoms with Crippen LogP contribution in [0.1, 0.15) is 15.9 Å². The van der Waals surface area contributed by atoms with E-state index in [2.05, 4.69) is 0 Å². The van der Waals surface area contributed by atoms with Gasteiger partial charge in [-0.25, -0.2) is 4.39 Å². The minimum absolute atomic E-state index is 0.157. The van der Waals surface area contributed by atoms with Crippen molar-refractivity contribution in [1.82, 2.24) is 4.90 Å². The lowest BCUT2D eigenvalue weighted by molar-refractivity contribution is -0.119. The van der Waals surface area contributed by atoms with Crippen LogP contribution in [0.3, 0.4) is 0 Å². The van der Waals surface area contributed by atoms with Gasteiger partial charge in [-0.2, -0.15) is 0 Å². The number of nitrogens with two attached hydrogens (primary N) is 1. The second-order valence-corrected chi connectivity index (χ2v) is 5.41. The third kappa shape index (κ3) is 4.94. The number of carbonyl (C=O) groups excluding carboxylic acids is 2. The fraction of sp³-hybridized carbons (Fsp3) is 0.222. The van der Waals surface area contributed by atoms with E-state index in [-0.39, 0.29) is 24.8 Å². The Morgan fingerprint density at radius 2 is 1.84 bits per heavy atom. The van der Waals surface area contributed by atoms with Crippen molar-refractivity contribution >= 4 is 11.8 Å². The monoisotopic (exact) mass is 346 g/mol. The van der Waals surface area contributed by atoms with Crippen LogP contribution in [-0.4, -0.2) is 37.5 Å². The van der Waals surface area contributed by atoms with Crippen molar-refractivity contribution in [2.24, 2.45) is 5.73 Å². The van der Waals surface area contributed by atoms with E-state index in [9.17, 15) is 14.0 Å². The van der Waals surface area contributed by atoms with Crippen molar-refractivity contribution in [3.05, 3.63) is 59.4 Å². The first-order chi connectivity index (χ1) is 11.9. The third-order valence-electron chi connectivity index (χ3n) is 3.47. The van der Waals surface area contributed by atoms with Gasteiger partial charge in [0.1, 0.15) is 5.75 Å². The highest BCUT2D eigenvalue weighted by molar-refractivity contribution is 5.94. The van der Waals surface area contributed by atoms with Gasteiger partial charge in [-0.05, 0) is 42.0 Å². The minimum atomic E-state index is -0.577. The van der Waals surface area contributed by atoms with Crippen molar-refractivity contribution in [2.75, 3.05) is 20.8 Å². The number of carbonyl (C=O) groups is 2. The number of benzene rings is 2. The number of ether oxygens (including phenoxy) is 2. The van der Waals surface area contributed by atoms with Gasteiger partial charge in [-0.15, -0.1) is 0 Å². The molecule has 0 saturated carbocycles. The van der Waals surface area contributed by atoms with Gasteiger partial charge in [-0.3, -0.25) is 9.59 Å². The van der Waals surface area contributed by atoms with Gasteiger partial charge in [0.05, 0.1) is 7.11 Å². The van der Waals surface area contributed by atoms with E-state index < -0.39 is 11.7 Å². The van der Waals surface area contributed by atoms with Crippen molar-refractivity contribution in [3.63, 3.8) is 0 Å². The normalized spacial score (nSPS) is 10.2. The molecule has 0 atom stereocenters. The van der Waals surface area contributed by atoms with E-state index in [0.29, 0.717) is 16.9 Å². The number of hydrogen-bond donors (Lipinski definition) is 1. The van der Waals surface area contributed by atoms with E-state index in [1.54, 1.807) is 37.4 Å². The number of hydrogen-bond acceptors (Lipinski definition) is 4. The molecule has 2 rings (SSSR count). The second-order valence-electron chi connectivity index (χ2n) is 5.41.